The van der Waals surface area contributed by atoms with E-state index in [4.69, 9.17) is 14.6 Å². The van der Waals surface area contributed by atoms with Crippen molar-refractivity contribution >= 4 is 19.8 Å². The topological polar surface area (TPSA) is 82.4 Å². The molecule has 0 saturated carbocycles. The van der Waals surface area contributed by atoms with Gasteiger partial charge >= 0.3 is 0 Å². The van der Waals surface area contributed by atoms with E-state index in [1.807, 2.05) is 13.0 Å². The molecular weight excluding hydrogens is 527 g/mol. The molecule has 4 rings (SSSR count). The normalized spacial score (nSPS) is 17.8. The Labute approximate surface area is 227 Å². The SMILES string of the molecule is COCC1CN(c2cc(-c3cnncc3C)nn2COCC[Si-](C)(C)C)C(=O)C1Cc1cc(F)c(F)c(F)c1. The lowest BCUT2D eigenvalue weighted by Gasteiger charge is -2.27. The lowest BCUT2D eigenvalue weighted by molar-refractivity contribution is -0.121. The van der Waals surface area contributed by atoms with E-state index in [1.54, 1.807) is 22.0 Å². The van der Waals surface area contributed by atoms with Gasteiger partial charge in [-0.05, 0) is 36.6 Å². The molecule has 39 heavy (non-hydrogen) atoms. The summed E-state index contributed by atoms with van der Waals surface area (Å²) in [6.45, 7) is 10.0. The minimum absolute atomic E-state index is 0.0402. The van der Waals surface area contributed by atoms with Gasteiger partial charge in [-0.2, -0.15) is 34.9 Å². The average molecular weight is 562 g/mol. The Morgan fingerprint density at radius 3 is 2.41 bits per heavy atom. The van der Waals surface area contributed by atoms with E-state index in [2.05, 4.69) is 29.8 Å². The van der Waals surface area contributed by atoms with E-state index in [-0.39, 0.29) is 37.1 Å². The van der Waals surface area contributed by atoms with Crippen LogP contribution in [0.4, 0.5) is 19.0 Å². The zero-order valence-corrected chi connectivity index (χ0v) is 23.9. The number of halogens is 3. The molecule has 0 spiro atoms. The van der Waals surface area contributed by atoms with E-state index in [0.29, 0.717) is 24.7 Å². The smallest absolute Gasteiger partial charge is 0.232 e. The molecule has 2 aromatic heterocycles. The quantitative estimate of drug-likeness (QED) is 0.189. The Morgan fingerprint density at radius 1 is 1.08 bits per heavy atom. The molecule has 1 amide bonds. The molecule has 1 aliphatic rings. The number of anilines is 1. The van der Waals surface area contributed by atoms with Gasteiger partial charge in [-0.15, -0.1) is 14.1 Å². The van der Waals surface area contributed by atoms with Gasteiger partial charge in [0.15, 0.2) is 17.5 Å². The molecule has 0 radical (unpaired) electrons. The summed E-state index contributed by atoms with van der Waals surface area (Å²) in [5, 5.41) is 12.6. The van der Waals surface area contributed by atoms with Crippen LogP contribution in [0.2, 0.25) is 25.7 Å². The third-order valence-electron chi connectivity index (χ3n) is 6.90. The van der Waals surface area contributed by atoms with Crippen molar-refractivity contribution in [2.75, 3.05) is 31.8 Å². The van der Waals surface area contributed by atoms with Crippen molar-refractivity contribution in [1.29, 1.82) is 0 Å². The number of carbonyl (C=O) groups excluding carboxylic acids is 1. The van der Waals surface area contributed by atoms with E-state index in [0.717, 1.165) is 29.3 Å². The van der Waals surface area contributed by atoms with E-state index in [1.165, 1.54) is 7.11 Å². The van der Waals surface area contributed by atoms with Crippen LogP contribution in [0.1, 0.15) is 11.1 Å². The monoisotopic (exact) mass is 561 g/mol. The van der Waals surface area contributed by atoms with Gasteiger partial charge in [0.2, 0.25) is 5.91 Å². The highest BCUT2D eigenvalue weighted by Crippen LogP contribution is 2.35. The van der Waals surface area contributed by atoms with Gasteiger partial charge < -0.3 is 9.47 Å². The molecule has 1 fully saturated rings. The predicted molar refractivity (Wildman–Crippen MR) is 143 cm³/mol. The Balaban J connectivity index is 1.65. The number of hydrogen-bond acceptors (Lipinski definition) is 6. The van der Waals surface area contributed by atoms with Crippen LogP contribution in [0.5, 0.6) is 0 Å². The first-order chi connectivity index (χ1) is 18.5. The maximum atomic E-state index is 13.9. The Bertz CT molecular complexity index is 1310. The van der Waals surface area contributed by atoms with Crippen LogP contribution in [0.3, 0.4) is 0 Å². The Kier molecular flexibility index (Phi) is 8.87. The van der Waals surface area contributed by atoms with Crippen molar-refractivity contribution in [3.05, 3.63) is 59.2 Å². The van der Waals surface area contributed by atoms with Crippen molar-refractivity contribution in [2.45, 2.75) is 45.8 Å². The second kappa shape index (κ2) is 12.0. The van der Waals surface area contributed by atoms with Gasteiger partial charge in [-0.1, -0.05) is 0 Å². The number of amides is 1. The zero-order valence-electron chi connectivity index (χ0n) is 22.9. The van der Waals surface area contributed by atoms with Crippen LogP contribution in [0.15, 0.2) is 30.6 Å². The molecule has 2 atom stereocenters. The molecule has 3 heterocycles. The summed E-state index contributed by atoms with van der Waals surface area (Å²) in [7, 11) is 0.235. The molecule has 0 bridgehead atoms. The van der Waals surface area contributed by atoms with Gasteiger partial charge in [-0.25, -0.2) is 17.9 Å². The molecule has 12 heteroatoms. The highest BCUT2D eigenvalue weighted by atomic mass is 28.3. The Hall–Kier alpha value is -3.09. The molecule has 2 unspecified atom stereocenters. The van der Waals surface area contributed by atoms with Gasteiger partial charge in [0.05, 0.1) is 24.7 Å². The summed E-state index contributed by atoms with van der Waals surface area (Å²) in [4.78, 5) is 15.4. The maximum absolute atomic E-state index is 13.9. The van der Waals surface area contributed by atoms with Gasteiger partial charge in [-0.3, -0.25) is 9.69 Å². The number of nitrogens with zero attached hydrogens (tertiary/aromatic N) is 5. The summed E-state index contributed by atoms with van der Waals surface area (Å²) in [6.07, 6.45) is 3.31. The fraction of sp³-hybridized carbons (Fsp3) is 0.481. The van der Waals surface area contributed by atoms with Crippen LogP contribution in [0.25, 0.3) is 11.3 Å². The van der Waals surface area contributed by atoms with Crippen LogP contribution in [-0.4, -0.2) is 60.8 Å². The van der Waals surface area contributed by atoms with Crippen LogP contribution < -0.4 is 4.90 Å². The zero-order chi connectivity index (χ0) is 28.3. The molecular formula is C27H34F3N5O3Si-. The first-order valence-electron chi connectivity index (χ1n) is 12.9. The molecule has 211 valence electrons. The van der Waals surface area contributed by atoms with Crippen molar-refractivity contribution < 1.29 is 27.4 Å². The van der Waals surface area contributed by atoms with E-state index in [9.17, 15) is 18.0 Å². The lowest BCUT2D eigenvalue weighted by Crippen LogP contribution is -2.30. The van der Waals surface area contributed by atoms with Gasteiger partial charge in [0.25, 0.3) is 0 Å². The third kappa shape index (κ3) is 6.74. The average Bonchev–Trinajstić information content (AvgIpc) is 3.41. The number of carbonyl (C=O) groups is 1. The summed E-state index contributed by atoms with van der Waals surface area (Å²) >= 11 is 0. The van der Waals surface area contributed by atoms with Crippen molar-refractivity contribution in [3.8, 4) is 11.3 Å². The number of aryl methyl sites for hydroxylation is 1. The van der Waals surface area contributed by atoms with Crippen LogP contribution in [0, 0.1) is 36.2 Å². The standard InChI is InChI=1S/C27H34F3N5O3Si/c1-17-12-31-32-13-21(17)24-11-25(35(33-24)16-38-6-7-39(3,4)5)34-14-19(15-37-2)20(27(34)36)8-18-9-22(28)26(30)23(29)10-18/h9-13,19-20H,6-8,14-16H2,1-5H3/q-1. The molecule has 1 saturated heterocycles. The summed E-state index contributed by atoms with van der Waals surface area (Å²) in [5.74, 6) is -4.68. The van der Waals surface area contributed by atoms with Crippen LogP contribution >= 0.6 is 0 Å². The summed E-state index contributed by atoms with van der Waals surface area (Å²) in [6, 6.07) is 4.67. The minimum atomic E-state index is -1.53. The van der Waals surface area contributed by atoms with Crippen molar-refractivity contribution in [3.63, 3.8) is 0 Å². The fourth-order valence-corrected chi connectivity index (χ4v) is 5.46. The maximum Gasteiger partial charge on any atom is 0.232 e. The Morgan fingerprint density at radius 2 is 1.77 bits per heavy atom. The highest BCUT2D eigenvalue weighted by Gasteiger charge is 2.42. The predicted octanol–water partition coefficient (Wildman–Crippen LogP) is 4.85. The number of benzene rings is 1. The fourth-order valence-electron chi connectivity index (χ4n) is 4.71. The second-order valence-corrected chi connectivity index (χ2v) is 16.8. The highest BCUT2D eigenvalue weighted by molar-refractivity contribution is 6.76. The summed E-state index contributed by atoms with van der Waals surface area (Å²) < 4.78 is 54.3. The van der Waals surface area contributed by atoms with Crippen molar-refractivity contribution in [2.24, 2.45) is 11.8 Å². The minimum Gasteiger partial charge on any atom is -0.384 e. The van der Waals surface area contributed by atoms with Crippen molar-refractivity contribution in [1.82, 2.24) is 20.0 Å². The number of hydrogen-bond donors (Lipinski definition) is 0. The summed E-state index contributed by atoms with van der Waals surface area (Å²) in [5.41, 5.74) is 2.48. The van der Waals surface area contributed by atoms with Crippen LogP contribution in [-0.2, 0) is 27.4 Å². The third-order valence-corrected chi connectivity index (χ3v) is 8.60. The number of rotatable bonds is 11. The molecule has 0 N–H and O–H groups in total. The lowest BCUT2D eigenvalue weighted by atomic mass is 9.89. The number of methoxy groups -OCH3 is 1. The largest absolute Gasteiger partial charge is 0.384 e. The number of ether oxygens (including phenoxy) is 2. The molecule has 3 aromatic rings. The second-order valence-electron chi connectivity index (χ2n) is 11.2. The first kappa shape index (κ1) is 28.9. The molecule has 8 nitrogen and oxygen atoms in total. The first-order valence-corrected chi connectivity index (χ1v) is 16.6. The molecule has 1 aromatic carbocycles. The van der Waals surface area contributed by atoms with E-state index < -0.39 is 31.4 Å². The van der Waals surface area contributed by atoms with Gasteiger partial charge in [0.1, 0.15) is 12.5 Å². The number of aromatic nitrogens is 4. The molecule has 1 aliphatic heterocycles. The van der Waals surface area contributed by atoms with Gasteiger partial charge in [0, 0.05) is 43.7 Å². The molecule has 0 aliphatic carbocycles. The van der Waals surface area contributed by atoms with E-state index >= 15 is 0 Å².